The summed E-state index contributed by atoms with van der Waals surface area (Å²) in [5, 5.41) is 2.16. The number of hydrogen-bond donors (Lipinski definition) is 1. The molecule has 0 fully saturated rings. The molecule has 0 aliphatic rings. The second-order valence-electron chi connectivity index (χ2n) is 5.73. The fourth-order valence-corrected chi connectivity index (χ4v) is 2.98. The lowest BCUT2D eigenvalue weighted by Crippen LogP contribution is -2.29. The van der Waals surface area contributed by atoms with Crippen molar-refractivity contribution in [1.29, 1.82) is 0 Å². The van der Waals surface area contributed by atoms with Crippen LogP contribution in [0.1, 0.15) is 11.3 Å². The van der Waals surface area contributed by atoms with E-state index in [-0.39, 0.29) is 22.5 Å². The Kier molecular flexibility index (Phi) is 5.88. The Morgan fingerprint density at radius 2 is 1.68 bits per heavy atom. The molecule has 10 heteroatoms. The largest absolute Gasteiger partial charge is 0.435 e. The molecule has 4 nitrogen and oxygen atoms in total. The van der Waals surface area contributed by atoms with Crippen LogP contribution in [0.2, 0.25) is 15.1 Å². The summed E-state index contributed by atoms with van der Waals surface area (Å²) in [6.07, 6.45) is -4.89. The third-order valence-corrected chi connectivity index (χ3v) is 4.82. The standard InChI is InChI=1S/C18H11Cl3F3N3O/c19-12-7-6-11(8-13(12)20)25-17-26-15(18(22,23)24)14(21)16(28)27(17)9-10-4-2-1-3-5-10/h1-8H,9H2,(H,25,26). The van der Waals surface area contributed by atoms with Gasteiger partial charge in [-0.1, -0.05) is 65.1 Å². The van der Waals surface area contributed by atoms with Crippen molar-refractivity contribution in [2.75, 3.05) is 5.32 Å². The van der Waals surface area contributed by atoms with Gasteiger partial charge in [0.05, 0.1) is 16.6 Å². The first-order valence-electron chi connectivity index (χ1n) is 7.80. The van der Waals surface area contributed by atoms with Gasteiger partial charge in [0.1, 0.15) is 5.02 Å². The maximum atomic E-state index is 13.3. The van der Waals surface area contributed by atoms with Crippen molar-refractivity contribution in [3.63, 3.8) is 0 Å². The van der Waals surface area contributed by atoms with Crippen LogP contribution in [-0.2, 0) is 12.7 Å². The molecule has 28 heavy (non-hydrogen) atoms. The Labute approximate surface area is 172 Å². The van der Waals surface area contributed by atoms with Gasteiger partial charge in [0, 0.05) is 5.69 Å². The third-order valence-electron chi connectivity index (χ3n) is 3.74. The number of nitrogens with zero attached hydrogens (tertiary/aromatic N) is 2. The van der Waals surface area contributed by atoms with Gasteiger partial charge >= 0.3 is 6.18 Å². The van der Waals surface area contributed by atoms with E-state index in [1.165, 1.54) is 18.2 Å². The molecule has 0 aliphatic carbocycles. The normalized spacial score (nSPS) is 11.5. The van der Waals surface area contributed by atoms with Crippen molar-refractivity contribution < 1.29 is 13.2 Å². The van der Waals surface area contributed by atoms with E-state index in [9.17, 15) is 18.0 Å². The smallest absolute Gasteiger partial charge is 0.325 e. The van der Waals surface area contributed by atoms with Gasteiger partial charge in [-0.2, -0.15) is 13.2 Å². The lowest BCUT2D eigenvalue weighted by atomic mass is 10.2. The molecule has 0 saturated carbocycles. The maximum Gasteiger partial charge on any atom is 0.435 e. The molecule has 1 aromatic heterocycles. The summed E-state index contributed by atoms with van der Waals surface area (Å²) in [5.74, 6) is -0.330. The van der Waals surface area contributed by atoms with Crippen LogP contribution in [0.15, 0.2) is 53.3 Å². The summed E-state index contributed by atoms with van der Waals surface area (Å²) in [6.45, 7) is -0.0335. The van der Waals surface area contributed by atoms with E-state index in [2.05, 4.69) is 10.3 Å². The first kappa shape index (κ1) is 20.5. The molecule has 0 unspecified atom stereocenters. The van der Waals surface area contributed by atoms with E-state index < -0.39 is 22.5 Å². The van der Waals surface area contributed by atoms with Crippen molar-refractivity contribution in [3.05, 3.63) is 85.2 Å². The molecule has 146 valence electrons. The highest BCUT2D eigenvalue weighted by Gasteiger charge is 2.38. The van der Waals surface area contributed by atoms with E-state index in [1.54, 1.807) is 30.3 Å². The van der Waals surface area contributed by atoms with Gasteiger partial charge in [0.25, 0.3) is 5.56 Å². The van der Waals surface area contributed by atoms with Crippen LogP contribution in [0, 0.1) is 0 Å². The topological polar surface area (TPSA) is 46.9 Å². The number of alkyl halides is 3. The molecule has 0 aliphatic heterocycles. The number of aromatic nitrogens is 2. The summed E-state index contributed by atoms with van der Waals surface area (Å²) in [7, 11) is 0. The predicted molar refractivity (Wildman–Crippen MR) is 104 cm³/mol. The molecule has 0 spiro atoms. The zero-order chi connectivity index (χ0) is 20.5. The number of halogens is 6. The number of hydrogen-bond acceptors (Lipinski definition) is 3. The van der Waals surface area contributed by atoms with Gasteiger partial charge in [0.15, 0.2) is 5.69 Å². The summed E-state index contributed by atoms with van der Waals surface area (Å²) in [4.78, 5) is 16.1. The minimum Gasteiger partial charge on any atom is -0.325 e. The van der Waals surface area contributed by atoms with Crippen molar-refractivity contribution >= 4 is 46.4 Å². The van der Waals surface area contributed by atoms with Crippen LogP contribution in [0.5, 0.6) is 0 Å². The second kappa shape index (κ2) is 8.03. The molecule has 1 N–H and O–H groups in total. The Hall–Kier alpha value is -2.22. The first-order valence-corrected chi connectivity index (χ1v) is 8.93. The molecule has 1 heterocycles. The fraction of sp³-hybridized carbons (Fsp3) is 0.111. The van der Waals surface area contributed by atoms with Crippen molar-refractivity contribution in [3.8, 4) is 0 Å². The van der Waals surface area contributed by atoms with E-state index in [4.69, 9.17) is 34.8 Å². The number of benzene rings is 2. The molecule has 0 amide bonds. The SMILES string of the molecule is O=c1c(Cl)c(C(F)(F)F)nc(Nc2ccc(Cl)c(Cl)c2)n1Cc1ccccc1. The quantitative estimate of drug-likeness (QED) is 0.531. The van der Waals surface area contributed by atoms with Crippen LogP contribution in [0.3, 0.4) is 0 Å². The summed E-state index contributed by atoms with van der Waals surface area (Å²) >= 11 is 17.5. The summed E-state index contributed by atoms with van der Waals surface area (Å²) in [5.41, 5.74) is -1.50. The zero-order valence-corrected chi connectivity index (χ0v) is 16.2. The van der Waals surface area contributed by atoms with Gasteiger partial charge < -0.3 is 5.32 Å². The summed E-state index contributed by atoms with van der Waals surface area (Å²) < 4.78 is 40.8. The molecule has 2 aromatic carbocycles. The number of nitrogens with one attached hydrogen (secondary N) is 1. The average Bonchev–Trinajstić information content (AvgIpc) is 2.64. The van der Waals surface area contributed by atoms with Gasteiger partial charge in [0.2, 0.25) is 5.95 Å². The van der Waals surface area contributed by atoms with Crippen LogP contribution in [0.4, 0.5) is 24.8 Å². The minimum atomic E-state index is -4.89. The van der Waals surface area contributed by atoms with Crippen molar-refractivity contribution in [2.24, 2.45) is 0 Å². The molecule has 0 radical (unpaired) electrons. The van der Waals surface area contributed by atoms with Crippen LogP contribution >= 0.6 is 34.8 Å². The summed E-state index contributed by atoms with van der Waals surface area (Å²) in [6, 6.07) is 13.1. The van der Waals surface area contributed by atoms with Gasteiger partial charge in [-0.3, -0.25) is 9.36 Å². The second-order valence-corrected chi connectivity index (χ2v) is 6.92. The van der Waals surface area contributed by atoms with E-state index in [1.807, 2.05) is 0 Å². The third kappa shape index (κ3) is 4.43. The maximum absolute atomic E-state index is 13.3. The first-order chi connectivity index (χ1) is 13.2. The molecule has 3 aromatic rings. The lowest BCUT2D eigenvalue weighted by Gasteiger charge is -2.17. The van der Waals surface area contributed by atoms with Crippen LogP contribution in [0.25, 0.3) is 0 Å². The van der Waals surface area contributed by atoms with Gasteiger partial charge in [-0.05, 0) is 23.8 Å². The van der Waals surface area contributed by atoms with E-state index in [0.29, 0.717) is 11.3 Å². The highest BCUT2D eigenvalue weighted by molar-refractivity contribution is 6.42. The Morgan fingerprint density at radius 3 is 2.29 bits per heavy atom. The van der Waals surface area contributed by atoms with Crippen molar-refractivity contribution in [2.45, 2.75) is 12.7 Å². The van der Waals surface area contributed by atoms with E-state index in [0.717, 1.165) is 4.57 Å². The minimum absolute atomic E-state index is 0.0335. The zero-order valence-electron chi connectivity index (χ0n) is 13.9. The van der Waals surface area contributed by atoms with Gasteiger partial charge in [-0.25, -0.2) is 4.98 Å². The molecular formula is C18H11Cl3F3N3O. The Balaban J connectivity index is 2.14. The monoisotopic (exact) mass is 447 g/mol. The molecule has 3 rings (SSSR count). The van der Waals surface area contributed by atoms with Gasteiger partial charge in [-0.15, -0.1) is 0 Å². The average molecular weight is 449 g/mol. The fourth-order valence-electron chi connectivity index (χ4n) is 2.43. The molecule has 0 atom stereocenters. The number of anilines is 2. The Bertz CT molecular complexity index is 1070. The number of rotatable bonds is 4. The Morgan fingerprint density at radius 1 is 1.00 bits per heavy atom. The van der Waals surface area contributed by atoms with Crippen molar-refractivity contribution in [1.82, 2.24) is 9.55 Å². The highest BCUT2D eigenvalue weighted by atomic mass is 35.5. The molecule has 0 saturated heterocycles. The lowest BCUT2D eigenvalue weighted by molar-refractivity contribution is -0.141. The highest BCUT2D eigenvalue weighted by Crippen LogP contribution is 2.33. The molecule has 0 bridgehead atoms. The van der Waals surface area contributed by atoms with Crippen LogP contribution in [-0.4, -0.2) is 9.55 Å². The predicted octanol–water partition coefficient (Wildman–Crippen LogP) is 6.01. The van der Waals surface area contributed by atoms with E-state index >= 15 is 0 Å². The van der Waals surface area contributed by atoms with Crippen LogP contribution < -0.4 is 10.9 Å². The molecular weight excluding hydrogens is 438 g/mol.